The Labute approximate surface area is 136 Å². The third kappa shape index (κ3) is 3.62. The second kappa shape index (κ2) is 6.54. The van der Waals surface area contributed by atoms with E-state index in [4.69, 9.17) is 10.2 Å². The van der Waals surface area contributed by atoms with Crippen LogP contribution in [0, 0.1) is 6.92 Å². The van der Waals surface area contributed by atoms with Gasteiger partial charge in [0.25, 0.3) is 0 Å². The van der Waals surface area contributed by atoms with Gasteiger partial charge in [0.1, 0.15) is 6.26 Å². The number of hydrogen-bond acceptors (Lipinski definition) is 4. The average Bonchev–Trinajstić information content (AvgIpc) is 3.18. The Morgan fingerprint density at radius 2 is 2.00 bits per heavy atom. The van der Waals surface area contributed by atoms with Crippen LogP contribution in [0.15, 0.2) is 34.9 Å². The molecule has 1 amide bonds. The summed E-state index contributed by atoms with van der Waals surface area (Å²) < 4.78 is 5.52. The Bertz CT molecular complexity index is 670. The molecule has 3 rings (SSSR count). The molecular formula is C18H23N3O2. The van der Waals surface area contributed by atoms with E-state index in [1.165, 1.54) is 5.56 Å². The maximum absolute atomic E-state index is 12.1. The molecule has 1 aromatic carbocycles. The minimum absolute atomic E-state index is 0.0442. The molecule has 0 aliphatic heterocycles. The molecule has 5 heteroatoms. The van der Waals surface area contributed by atoms with Gasteiger partial charge in [0.15, 0.2) is 0 Å². The first-order valence-electron chi connectivity index (χ1n) is 8.15. The highest BCUT2D eigenvalue weighted by Gasteiger charge is 2.36. The predicted octanol–water partition coefficient (Wildman–Crippen LogP) is 2.58. The number of hydrogen-bond donors (Lipinski definition) is 2. The Morgan fingerprint density at radius 1 is 1.30 bits per heavy atom. The molecule has 1 aliphatic rings. The second-order valence-electron chi connectivity index (χ2n) is 6.38. The van der Waals surface area contributed by atoms with E-state index in [0.717, 1.165) is 36.9 Å². The number of rotatable bonds is 5. The van der Waals surface area contributed by atoms with Crippen molar-refractivity contribution in [3.05, 3.63) is 41.8 Å². The summed E-state index contributed by atoms with van der Waals surface area (Å²) >= 11 is 0. The number of oxazole rings is 1. The number of aromatic nitrogens is 1. The largest absolute Gasteiger partial charge is 0.444 e. The molecule has 1 aliphatic carbocycles. The molecule has 1 saturated carbocycles. The van der Waals surface area contributed by atoms with Gasteiger partial charge in [-0.25, -0.2) is 4.98 Å². The van der Waals surface area contributed by atoms with Crippen molar-refractivity contribution in [2.45, 2.75) is 44.6 Å². The van der Waals surface area contributed by atoms with E-state index < -0.39 is 5.54 Å². The quantitative estimate of drug-likeness (QED) is 0.889. The summed E-state index contributed by atoms with van der Waals surface area (Å²) in [6, 6.07) is 8.04. The topological polar surface area (TPSA) is 81.2 Å². The zero-order chi connectivity index (χ0) is 16.3. The van der Waals surface area contributed by atoms with Gasteiger partial charge in [-0.1, -0.05) is 30.5 Å². The molecule has 1 aromatic heterocycles. The molecule has 0 spiro atoms. The fourth-order valence-corrected chi connectivity index (χ4v) is 2.96. The molecule has 2 aromatic rings. The molecule has 3 N–H and O–H groups in total. The highest BCUT2D eigenvalue weighted by molar-refractivity contribution is 5.86. The summed E-state index contributed by atoms with van der Waals surface area (Å²) in [5.41, 5.74) is 8.45. The van der Waals surface area contributed by atoms with Crippen molar-refractivity contribution in [2.75, 3.05) is 6.54 Å². The Morgan fingerprint density at radius 3 is 2.70 bits per heavy atom. The first-order chi connectivity index (χ1) is 11.1. The lowest BCUT2D eigenvalue weighted by Crippen LogP contribution is -2.52. The lowest BCUT2D eigenvalue weighted by atomic mass is 9.98. The number of benzene rings is 1. The third-order valence-electron chi connectivity index (χ3n) is 4.46. The molecule has 23 heavy (non-hydrogen) atoms. The van der Waals surface area contributed by atoms with Gasteiger partial charge < -0.3 is 15.5 Å². The normalized spacial score (nSPS) is 16.4. The number of nitrogens with two attached hydrogens (primary N) is 1. The van der Waals surface area contributed by atoms with Gasteiger partial charge in [-0.15, -0.1) is 0 Å². The van der Waals surface area contributed by atoms with Gasteiger partial charge in [0.05, 0.1) is 11.2 Å². The molecule has 0 radical (unpaired) electrons. The van der Waals surface area contributed by atoms with E-state index in [0.29, 0.717) is 18.9 Å². The first-order valence-corrected chi connectivity index (χ1v) is 8.15. The van der Waals surface area contributed by atoms with E-state index >= 15 is 0 Å². The zero-order valence-corrected chi connectivity index (χ0v) is 13.5. The van der Waals surface area contributed by atoms with E-state index in [9.17, 15) is 4.79 Å². The van der Waals surface area contributed by atoms with Crippen LogP contribution in [0.2, 0.25) is 0 Å². The smallest absolute Gasteiger partial charge is 0.240 e. The summed E-state index contributed by atoms with van der Waals surface area (Å²) in [7, 11) is 0. The van der Waals surface area contributed by atoms with Crippen LogP contribution in [0.4, 0.5) is 0 Å². The van der Waals surface area contributed by atoms with E-state index in [1.54, 1.807) is 6.26 Å². The lowest BCUT2D eigenvalue weighted by Gasteiger charge is -2.21. The van der Waals surface area contributed by atoms with Gasteiger partial charge in [-0.3, -0.25) is 4.79 Å². The predicted molar refractivity (Wildman–Crippen MR) is 88.8 cm³/mol. The summed E-state index contributed by atoms with van der Waals surface area (Å²) in [5, 5.41) is 2.92. The standard InChI is InChI=1S/C18H23N3O2/c1-13-4-6-14(7-5-13)16-21-15(12-23-16)8-11-20-17(22)18(19)9-2-3-10-18/h4-7,12H,2-3,8-11,19H2,1H3,(H,20,22). The molecule has 0 unspecified atom stereocenters. The van der Waals surface area contributed by atoms with Crippen LogP contribution in [0.25, 0.3) is 11.5 Å². The van der Waals surface area contributed by atoms with Crippen molar-refractivity contribution in [3.8, 4) is 11.5 Å². The van der Waals surface area contributed by atoms with Crippen LogP contribution in [-0.4, -0.2) is 23.0 Å². The maximum Gasteiger partial charge on any atom is 0.240 e. The van der Waals surface area contributed by atoms with Crippen molar-refractivity contribution < 1.29 is 9.21 Å². The third-order valence-corrected chi connectivity index (χ3v) is 4.46. The molecule has 1 heterocycles. The van der Waals surface area contributed by atoms with E-state index in [-0.39, 0.29) is 5.91 Å². The van der Waals surface area contributed by atoms with Crippen molar-refractivity contribution >= 4 is 5.91 Å². The number of nitrogens with zero attached hydrogens (tertiary/aromatic N) is 1. The molecule has 0 atom stereocenters. The number of nitrogens with one attached hydrogen (secondary N) is 1. The van der Waals surface area contributed by atoms with Crippen LogP contribution in [0.1, 0.15) is 36.9 Å². The van der Waals surface area contributed by atoms with Gasteiger partial charge >= 0.3 is 0 Å². The molecule has 1 fully saturated rings. The molecule has 122 valence electrons. The van der Waals surface area contributed by atoms with Gasteiger partial charge in [-0.05, 0) is 31.9 Å². The van der Waals surface area contributed by atoms with Gasteiger partial charge in [0.2, 0.25) is 11.8 Å². The number of amides is 1. The minimum atomic E-state index is -0.670. The number of carbonyl (C=O) groups excluding carboxylic acids is 1. The SMILES string of the molecule is Cc1ccc(-c2nc(CCNC(=O)C3(N)CCCC3)co2)cc1. The summed E-state index contributed by atoms with van der Waals surface area (Å²) in [5.74, 6) is 0.565. The minimum Gasteiger partial charge on any atom is -0.444 e. The zero-order valence-electron chi connectivity index (χ0n) is 13.5. The van der Waals surface area contributed by atoms with Crippen LogP contribution in [0.5, 0.6) is 0 Å². The summed E-state index contributed by atoms with van der Waals surface area (Å²) in [6.45, 7) is 2.57. The maximum atomic E-state index is 12.1. The summed E-state index contributed by atoms with van der Waals surface area (Å²) in [4.78, 5) is 16.6. The van der Waals surface area contributed by atoms with Crippen molar-refractivity contribution in [3.63, 3.8) is 0 Å². The first kappa shape index (κ1) is 15.7. The molecule has 0 saturated heterocycles. The highest BCUT2D eigenvalue weighted by atomic mass is 16.3. The molecule has 5 nitrogen and oxygen atoms in total. The van der Waals surface area contributed by atoms with Crippen LogP contribution >= 0.6 is 0 Å². The van der Waals surface area contributed by atoms with E-state index in [2.05, 4.69) is 10.3 Å². The van der Waals surface area contributed by atoms with Crippen molar-refractivity contribution in [1.82, 2.24) is 10.3 Å². The summed E-state index contributed by atoms with van der Waals surface area (Å²) in [6.07, 6.45) is 5.91. The Kier molecular flexibility index (Phi) is 4.48. The fraction of sp³-hybridized carbons (Fsp3) is 0.444. The Balaban J connectivity index is 1.53. The van der Waals surface area contributed by atoms with Gasteiger partial charge in [-0.2, -0.15) is 0 Å². The number of carbonyl (C=O) groups is 1. The lowest BCUT2D eigenvalue weighted by molar-refractivity contribution is -0.126. The molecule has 0 bridgehead atoms. The van der Waals surface area contributed by atoms with Crippen LogP contribution in [-0.2, 0) is 11.2 Å². The monoisotopic (exact) mass is 313 g/mol. The molecular weight excluding hydrogens is 290 g/mol. The highest BCUT2D eigenvalue weighted by Crippen LogP contribution is 2.27. The van der Waals surface area contributed by atoms with Crippen LogP contribution in [0.3, 0.4) is 0 Å². The average molecular weight is 313 g/mol. The Hall–Kier alpha value is -2.14. The second-order valence-corrected chi connectivity index (χ2v) is 6.38. The van der Waals surface area contributed by atoms with Crippen molar-refractivity contribution in [2.24, 2.45) is 5.73 Å². The number of aryl methyl sites for hydroxylation is 1. The van der Waals surface area contributed by atoms with Crippen LogP contribution < -0.4 is 11.1 Å². The van der Waals surface area contributed by atoms with Crippen molar-refractivity contribution in [1.29, 1.82) is 0 Å². The van der Waals surface area contributed by atoms with E-state index in [1.807, 2.05) is 31.2 Å². The fourth-order valence-electron chi connectivity index (χ4n) is 2.96. The van der Waals surface area contributed by atoms with Gasteiger partial charge in [0, 0.05) is 18.5 Å².